The molecular weight excluding hydrogens is 214 g/mol. The summed E-state index contributed by atoms with van der Waals surface area (Å²) < 4.78 is 2.15. The Balaban J connectivity index is 2.64. The Morgan fingerprint density at radius 3 is 2.71 bits per heavy atom. The number of nitrogens with zero attached hydrogens (tertiary/aromatic N) is 1. The van der Waals surface area contributed by atoms with Crippen LogP contribution >= 0.6 is 0 Å². The quantitative estimate of drug-likeness (QED) is 0.877. The number of rotatable bonds is 4. The zero-order valence-corrected chi connectivity index (χ0v) is 10.2. The second kappa shape index (κ2) is 4.62. The highest BCUT2D eigenvalue weighted by Gasteiger charge is 2.10. The number of carboxylic acids is 1. The molecule has 2 rings (SSSR count). The Bertz CT molecular complexity index is 555. The highest BCUT2D eigenvalue weighted by atomic mass is 16.4. The summed E-state index contributed by atoms with van der Waals surface area (Å²) in [5, 5.41) is 10.2. The molecule has 1 heterocycles. The van der Waals surface area contributed by atoms with Gasteiger partial charge in [0, 0.05) is 23.6 Å². The van der Waals surface area contributed by atoms with Crippen LogP contribution in [0.3, 0.4) is 0 Å². The van der Waals surface area contributed by atoms with Gasteiger partial charge in [-0.3, -0.25) is 0 Å². The lowest BCUT2D eigenvalue weighted by atomic mass is 10.1. The molecule has 1 aromatic heterocycles. The van der Waals surface area contributed by atoms with Crippen LogP contribution in [0.1, 0.15) is 36.2 Å². The van der Waals surface area contributed by atoms with Crippen LogP contribution in [0.2, 0.25) is 0 Å². The minimum absolute atomic E-state index is 0.357. The monoisotopic (exact) mass is 231 g/mol. The summed E-state index contributed by atoms with van der Waals surface area (Å²) in [7, 11) is 0. The Hall–Kier alpha value is -1.77. The summed E-state index contributed by atoms with van der Waals surface area (Å²) in [6, 6.07) is 5.37. The van der Waals surface area contributed by atoms with E-state index in [1.807, 2.05) is 6.07 Å². The average Bonchev–Trinajstić information content (AvgIpc) is 2.67. The zero-order valence-electron chi connectivity index (χ0n) is 10.2. The SMILES string of the molecule is CCCn1cc(CC)c2ccc(C(=O)O)cc21. The molecule has 0 unspecified atom stereocenters. The third-order valence-corrected chi connectivity index (χ3v) is 3.06. The van der Waals surface area contributed by atoms with Crippen LogP contribution in [0, 0.1) is 0 Å². The van der Waals surface area contributed by atoms with E-state index in [-0.39, 0.29) is 0 Å². The van der Waals surface area contributed by atoms with Gasteiger partial charge in [-0.25, -0.2) is 4.79 Å². The largest absolute Gasteiger partial charge is 0.478 e. The number of carboxylic acid groups (broad SMARTS) is 1. The number of hydrogen-bond acceptors (Lipinski definition) is 1. The fraction of sp³-hybridized carbons (Fsp3) is 0.357. The van der Waals surface area contributed by atoms with Gasteiger partial charge in [-0.15, -0.1) is 0 Å². The Labute approximate surface area is 101 Å². The number of hydrogen-bond donors (Lipinski definition) is 1. The number of aromatic nitrogens is 1. The molecule has 3 nitrogen and oxygen atoms in total. The van der Waals surface area contributed by atoms with Crippen LogP contribution in [0.15, 0.2) is 24.4 Å². The van der Waals surface area contributed by atoms with Crippen molar-refractivity contribution < 1.29 is 9.90 Å². The molecule has 0 saturated carbocycles. The maximum atomic E-state index is 11.0. The van der Waals surface area contributed by atoms with Gasteiger partial charge in [0.1, 0.15) is 0 Å². The number of fused-ring (bicyclic) bond motifs is 1. The predicted molar refractivity (Wildman–Crippen MR) is 68.6 cm³/mol. The van der Waals surface area contributed by atoms with Crippen LogP contribution in [0.5, 0.6) is 0 Å². The molecule has 0 bridgehead atoms. The molecular formula is C14H17NO2. The van der Waals surface area contributed by atoms with Crippen LogP contribution in [-0.2, 0) is 13.0 Å². The minimum Gasteiger partial charge on any atom is -0.478 e. The molecule has 3 heteroatoms. The molecule has 0 aliphatic rings. The number of aryl methyl sites for hydroxylation is 2. The van der Waals surface area contributed by atoms with E-state index in [1.165, 1.54) is 10.9 Å². The first-order valence-corrected chi connectivity index (χ1v) is 6.02. The van der Waals surface area contributed by atoms with Crippen molar-refractivity contribution in [2.45, 2.75) is 33.2 Å². The number of benzene rings is 1. The van der Waals surface area contributed by atoms with Gasteiger partial charge in [0.05, 0.1) is 5.56 Å². The zero-order chi connectivity index (χ0) is 12.4. The van der Waals surface area contributed by atoms with Crippen LogP contribution in [0.25, 0.3) is 10.9 Å². The van der Waals surface area contributed by atoms with Crippen molar-refractivity contribution in [1.82, 2.24) is 4.57 Å². The van der Waals surface area contributed by atoms with Crippen molar-refractivity contribution in [3.63, 3.8) is 0 Å². The van der Waals surface area contributed by atoms with E-state index in [2.05, 4.69) is 24.6 Å². The van der Waals surface area contributed by atoms with Crippen molar-refractivity contribution in [2.24, 2.45) is 0 Å². The summed E-state index contributed by atoms with van der Waals surface area (Å²) in [4.78, 5) is 11.0. The standard InChI is InChI=1S/C14H17NO2/c1-3-7-15-9-10(4-2)12-6-5-11(14(16)17)8-13(12)15/h5-6,8-9H,3-4,7H2,1-2H3,(H,16,17). The second-order valence-corrected chi connectivity index (χ2v) is 4.24. The Morgan fingerprint density at radius 2 is 2.12 bits per heavy atom. The van der Waals surface area contributed by atoms with Gasteiger partial charge in [-0.05, 0) is 30.5 Å². The first kappa shape index (κ1) is 11.7. The number of carbonyl (C=O) groups is 1. The van der Waals surface area contributed by atoms with Gasteiger partial charge in [0.15, 0.2) is 0 Å². The van der Waals surface area contributed by atoms with E-state index in [0.717, 1.165) is 24.9 Å². The normalized spacial score (nSPS) is 10.9. The van der Waals surface area contributed by atoms with Gasteiger partial charge in [-0.2, -0.15) is 0 Å². The fourth-order valence-electron chi connectivity index (χ4n) is 2.21. The molecule has 90 valence electrons. The predicted octanol–water partition coefficient (Wildman–Crippen LogP) is 3.31. The van der Waals surface area contributed by atoms with Crippen LogP contribution in [-0.4, -0.2) is 15.6 Å². The molecule has 0 aliphatic carbocycles. The topological polar surface area (TPSA) is 42.2 Å². The molecule has 1 N–H and O–H groups in total. The lowest BCUT2D eigenvalue weighted by molar-refractivity contribution is 0.0697. The molecule has 0 saturated heterocycles. The number of aromatic carboxylic acids is 1. The van der Waals surface area contributed by atoms with E-state index >= 15 is 0 Å². The molecule has 0 amide bonds. The molecule has 0 atom stereocenters. The molecule has 17 heavy (non-hydrogen) atoms. The second-order valence-electron chi connectivity index (χ2n) is 4.24. The fourth-order valence-corrected chi connectivity index (χ4v) is 2.21. The molecule has 2 aromatic rings. The highest BCUT2D eigenvalue weighted by molar-refractivity contribution is 5.94. The van der Waals surface area contributed by atoms with Crippen LogP contribution in [0.4, 0.5) is 0 Å². The van der Waals surface area contributed by atoms with Crippen molar-refractivity contribution in [1.29, 1.82) is 0 Å². The van der Waals surface area contributed by atoms with E-state index in [0.29, 0.717) is 5.56 Å². The third-order valence-electron chi connectivity index (χ3n) is 3.06. The minimum atomic E-state index is -0.866. The highest BCUT2D eigenvalue weighted by Crippen LogP contribution is 2.23. The summed E-state index contributed by atoms with van der Waals surface area (Å²) in [6.07, 6.45) is 4.16. The van der Waals surface area contributed by atoms with E-state index in [1.54, 1.807) is 12.1 Å². The van der Waals surface area contributed by atoms with Crippen LogP contribution < -0.4 is 0 Å². The molecule has 0 radical (unpaired) electrons. The van der Waals surface area contributed by atoms with Crippen molar-refractivity contribution in [3.05, 3.63) is 35.5 Å². The van der Waals surface area contributed by atoms with E-state index in [4.69, 9.17) is 5.11 Å². The van der Waals surface area contributed by atoms with Crippen molar-refractivity contribution in [2.75, 3.05) is 0 Å². The first-order valence-electron chi connectivity index (χ1n) is 6.02. The maximum absolute atomic E-state index is 11.0. The molecule has 1 aromatic carbocycles. The van der Waals surface area contributed by atoms with Gasteiger partial charge in [-0.1, -0.05) is 19.9 Å². The average molecular weight is 231 g/mol. The molecule has 0 spiro atoms. The maximum Gasteiger partial charge on any atom is 0.335 e. The smallest absolute Gasteiger partial charge is 0.335 e. The lowest BCUT2D eigenvalue weighted by Crippen LogP contribution is -1.98. The van der Waals surface area contributed by atoms with Gasteiger partial charge < -0.3 is 9.67 Å². The Morgan fingerprint density at radius 1 is 1.35 bits per heavy atom. The van der Waals surface area contributed by atoms with Gasteiger partial charge >= 0.3 is 5.97 Å². The van der Waals surface area contributed by atoms with Gasteiger partial charge in [0.25, 0.3) is 0 Å². The third kappa shape index (κ3) is 2.05. The lowest BCUT2D eigenvalue weighted by Gasteiger charge is -2.03. The van der Waals surface area contributed by atoms with E-state index in [9.17, 15) is 4.79 Å². The summed E-state index contributed by atoms with van der Waals surface area (Å²) >= 11 is 0. The summed E-state index contributed by atoms with van der Waals surface area (Å²) in [6.45, 7) is 5.17. The van der Waals surface area contributed by atoms with Crippen molar-refractivity contribution in [3.8, 4) is 0 Å². The summed E-state index contributed by atoms with van der Waals surface area (Å²) in [5.41, 5.74) is 2.67. The first-order chi connectivity index (χ1) is 8.17. The molecule has 0 fully saturated rings. The summed E-state index contributed by atoms with van der Waals surface area (Å²) in [5.74, 6) is -0.866. The van der Waals surface area contributed by atoms with Gasteiger partial charge in [0.2, 0.25) is 0 Å². The van der Waals surface area contributed by atoms with E-state index < -0.39 is 5.97 Å². The Kier molecular flexibility index (Phi) is 3.18. The van der Waals surface area contributed by atoms with Crippen molar-refractivity contribution >= 4 is 16.9 Å². The molecule has 0 aliphatic heterocycles.